The zero-order valence-corrected chi connectivity index (χ0v) is 17.8. The van der Waals surface area contributed by atoms with E-state index in [1.807, 2.05) is 0 Å². The number of fused-ring (bicyclic) bond motifs is 1. The molecule has 0 saturated heterocycles. The van der Waals surface area contributed by atoms with E-state index in [4.69, 9.17) is 0 Å². The van der Waals surface area contributed by atoms with Crippen molar-refractivity contribution in [2.45, 2.75) is 24.7 Å². The van der Waals surface area contributed by atoms with E-state index in [2.05, 4.69) is 10.3 Å². The van der Waals surface area contributed by atoms with Gasteiger partial charge in [-0.3, -0.25) is 9.78 Å². The highest BCUT2D eigenvalue weighted by atomic mass is 19.4. The third-order valence-electron chi connectivity index (χ3n) is 5.54. The van der Waals surface area contributed by atoms with Gasteiger partial charge in [-0.05, 0) is 53.9 Å². The molecule has 1 amide bonds. The SMILES string of the molecule is O=C(NC(Cc1ccc(C(F)(F)F)cc1)C(O)c1ccc(F)cc1)c1ccnc2ccccc12. The standard InChI is InChI=1S/C26H20F4N2O2/c27-19-11-7-17(8-12-19)24(33)23(15-16-5-9-18(10-6-16)26(28,29)30)32-25(34)21-13-14-31-22-4-2-1-3-20(21)22/h1-14,23-24,33H,15H2,(H,32,34). The van der Waals surface area contributed by atoms with Gasteiger partial charge in [0.25, 0.3) is 5.91 Å². The van der Waals surface area contributed by atoms with Crippen molar-refractivity contribution in [2.24, 2.45) is 0 Å². The quantitative estimate of drug-likeness (QED) is 0.369. The second-order valence-corrected chi connectivity index (χ2v) is 7.85. The summed E-state index contributed by atoms with van der Waals surface area (Å²) in [5.41, 5.74) is 1.01. The molecular weight excluding hydrogens is 448 g/mol. The molecule has 3 aromatic carbocycles. The average molecular weight is 468 g/mol. The number of carbonyl (C=O) groups excluding carboxylic acids is 1. The fraction of sp³-hybridized carbons (Fsp3) is 0.154. The fourth-order valence-electron chi connectivity index (χ4n) is 3.76. The molecule has 0 bridgehead atoms. The van der Waals surface area contributed by atoms with Crippen LogP contribution in [0.4, 0.5) is 17.6 Å². The summed E-state index contributed by atoms with van der Waals surface area (Å²) in [6.45, 7) is 0. The molecule has 0 saturated carbocycles. The Morgan fingerprint density at radius 2 is 1.62 bits per heavy atom. The molecule has 2 N–H and O–H groups in total. The van der Waals surface area contributed by atoms with Crippen molar-refractivity contribution in [2.75, 3.05) is 0 Å². The number of nitrogens with zero attached hydrogens (tertiary/aromatic N) is 1. The van der Waals surface area contributed by atoms with E-state index in [1.165, 1.54) is 42.6 Å². The monoisotopic (exact) mass is 468 g/mol. The van der Waals surface area contributed by atoms with Crippen LogP contribution >= 0.6 is 0 Å². The number of hydrogen-bond donors (Lipinski definition) is 2. The van der Waals surface area contributed by atoms with Gasteiger partial charge in [0.15, 0.2) is 0 Å². The first-order valence-electron chi connectivity index (χ1n) is 10.5. The number of aromatic nitrogens is 1. The number of amides is 1. The maximum Gasteiger partial charge on any atom is 0.416 e. The number of rotatable bonds is 6. The average Bonchev–Trinajstić information content (AvgIpc) is 2.83. The van der Waals surface area contributed by atoms with Gasteiger partial charge in [-0.1, -0.05) is 42.5 Å². The van der Waals surface area contributed by atoms with Crippen molar-refractivity contribution in [3.8, 4) is 0 Å². The lowest BCUT2D eigenvalue weighted by Gasteiger charge is -2.25. The minimum atomic E-state index is -4.47. The van der Waals surface area contributed by atoms with Gasteiger partial charge in [0.2, 0.25) is 0 Å². The van der Waals surface area contributed by atoms with Crippen molar-refractivity contribution in [1.29, 1.82) is 0 Å². The number of benzene rings is 3. The van der Waals surface area contributed by atoms with Gasteiger partial charge < -0.3 is 10.4 Å². The normalized spacial score (nSPS) is 13.4. The van der Waals surface area contributed by atoms with Gasteiger partial charge >= 0.3 is 6.18 Å². The molecule has 34 heavy (non-hydrogen) atoms. The third-order valence-corrected chi connectivity index (χ3v) is 5.54. The largest absolute Gasteiger partial charge is 0.416 e. The summed E-state index contributed by atoms with van der Waals surface area (Å²) in [6.07, 6.45) is -4.16. The molecule has 2 unspecified atom stereocenters. The summed E-state index contributed by atoms with van der Waals surface area (Å²) in [6, 6.07) is 17.4. The van der Waals surface area contributed by atoms with Crippen LogP contribution in [0.5, 0.6) is 0 Å². The van der Waals surface area contributed by atoms with Crippen molar-refractivity contribution in [3.05, 3.63) is 113 Å². The zero-order valence-electron chi connectivity index (χ0n) is 17.8. The number of para-hydroxylation sites is 1. The minimum absolute atomic E-state index is 0.0471. The van der Waals surface area contributed by atoms with Crippen LogP contribution in [-0.4, -0.2) is 22.0 Å². The number of hydrogen-bond acceptors (Lipinski definition) is 3. The molecule has 4 nitrogen and oxygen atoms in total. The van der Waals surface area contributed by atoms with E-state index in [9.17, 15) is 27.5 Å². The fourth-order valence-corrected chi connectivity index (χ4v) is 3.76. The second-order valence-electron chi connectivity index (χ2n) is 7.85. The van der Waals surface area contributed by atoms with Crippen molar-refractivity contribution in [1.82, 2.24) is 10.3 Å². The Morgan fingerprint density at radius 3 is 2.29 bits per heavy atom. The lowest BCUT2D eigenvalue weighted by molar-refractivity contribution is -0.137. The number of pyridine rings is 1. The number of alkyl halides is 3. The first kappa shape index (κ1) is 23.4. The highest BCUT2D eigenvalue weighted by Crippen LogP contribution is 2.30. The van der Waals surface area contributed by atoms with Crippen LogP contribution in [0.2, 0.25) is 0 Å². The number of aliphatic hydroxyl groups excluding tert-OH is 1. The second kappa shape index (κ2) is 9.61. The molecule has 0 spiro atoms. The number of aliphatic hydroxyl groups is 1. The molecule has 4 aromatic rings. The summed E-state index contributed by atoms with van der Waals surface area (Å²) < 4.78 is 52.1. The number of halogens is 4. The lowest BCUT2D eigenvalue weighted by Crippen LogP contribution is -2.41. The van der Waals surface area contributed by atoms with Crippen LogP contribution in [0.15, 0.2) is 85.1 Å². The van der Waals surface area contributed by atoms with Crippen LogP contribution in [-0.2, 0) is 12.6 Å². The molecule has 0 aliphatic heterocycles. The Bertz CT molecular complexity index is 1280. The molecule has 4 rings (SSSR count). The van der Waals surface area contributed by atoms with Crippen LogP contribution < -0.4 is 5.32 Å². The molecule has 0 radical (unpaired) electrons. The van der Waals surface area contributed by atoms with Crippen molar-refractivity contribution < 1.29 is 27.5 Å². The van der Waals surface area contributed by atoms with E-state index >= 15 is 0 Å². The summed E-state index contributed by atoms with van der Waals surface area (Å²) in [7, 11) is 0. The van der Waals surface area contributed by atoms with E-state index in [0.29, 0.717) is 27.6 Å². The Labute approximate surface area is 192 Å². The predicted molar refractivity (Wildman–Crippen MR) is 120 cm³/mol. The predicted octanol–water partition coefficient (Wildman–Crippen LogP) is 5.47. The van der Waals surface area contributed by atoms with Crippen LogP contribution in [0.25, 0.3) is 10.9 Å². The third kappa shape index (κ3) is 5.23. The Hall–Kier alpha value is -3.78. The van der Waals surface area contributed by atoms with Gasteiger partial charge in [0, 0.05) is 11.6 Å². The summed E-state index contributed by atoms with van der Waals surface area (Å²) in [4.78, 5) is 17.4. The van der Waals surface area contributed by atoms with E-state index in [-0.39, 0.29) is 6.42 Å². The maximum atomic E-state index is 13.4. The smallest absolute Gasteiger partial charge is 0.386 e. The molecule has 1 aromatic heterocycles. The molecule has 1 heterocycles. The van der Waals surface area contributed by atoms with Gasteiger partial charge in [-0.2, -0.15) is 13.2 Å². The van der Waals surface area contributed by atoms with E-state index in [1.54, 1.807) is 30.3 Å². The minimum Gasteiger partial charge on any atom is -0.386 e. The zero-order chi connectivity index (χ0) is 24.3. The van der Waals surface area contributed by atoms with E-state index in [0.717, 1.165) is 12.1 Å². The molecule has 0 fully saturated rings. The molecule has 0 aliphatic rings. The summed E-state index contributed by atoms with van der Waals surface area (Å²) >= 11 is 0. The first-order chi connectivity index (χ1) is 16.2. The lowest BCUT2D eigenvalue weighted by atomic mass is 9.95. The molecule has 174 valence electrons. The van der Waals surface area contributed by atoms with Crippen molar-refractivity contribution >= 4 is 16.8 Å². The van der Waals surface area contributed by atoms with Gasteiger partial charge in [-0.25, -0.2) is 4.39 Å². The molecular formula is C26H20F4N2O2. The molecule has 0 aliphatic carbocycles. The highest BCUT2D eigenvalue weighted by molar-refractivity contribution is 6.06. The first-order valence-corrected chi connectivity index (χ1v) is 10.5. The van der Waals surface area contributed by atoms with Crippen LogP contribution in [0.3, 0.4) is 0 Å². The Kier molecular flexibility index (Phi) is 6.61. The van der Waals surface area contributed by atoms with Crippen molar-refractivity contribution in [3.63, 3.8) is 0 Å². The highest BCUT2D eigenvalue weighted by Gasteiger charge is 2.30. The molecule has 2 atom stereocenters. The molecule has 8 heteroatoms. The Balaban J connectivity index is 1.64. The Morgan fingerprint density at radius 1 is 0.941 bits per heavy atom. The number of nitrogens with one attached hydrogen (secondary N) is 1. The van der Waals surface area contributed by atoms with Gasteiger partial charge in [0.05, 0.1) is 28.8 Å². The van der Waals surface area contributed by atoms with E-state index < -0.39 is 35.6 Å². The van der Waals surface area contributed by atoms with Crippen LogP contribution in [0, 0.1) is 5.82 Å². The van der Waals surface area contributed by atoms with Crippen LogP contribution in [0.1, 0.15) is 33.2 Å². The summed E-state index contributed by atoms with van der Waals surface area (Å²) in [5, 5.41) is 14.4. The van der Waals surface area contributed by atoms with Gasteiger partial charge in [-0.15, -0.1) is 0 Å². The number of carbonyl (C=O) groups is 1. The topological polar surface area (TPSA) is 62.2 Å². The van der Waals surface area contributed by atoms with Gasteiger partial charge in [0.1, 0.15) is 5.82 Å². The summed E-state index contributed by atoms with van der Waals surface area (Å²) in [5.74, 6) is -0.959. The maximum absolute atomic E-state index is 13.4.